The Hall–Kier alpha value is -2.22. The number of piperidine rings is 1. The van der Waals surface area contributed by atoms with E-state index in [4.69, 9.17) is 16.3 Å². The van der Waals surface area contributed by atoms with Crippen LogP contribution in [0, 0.1) is 0 Å². The summed E-state index contributed by atoms with van der Waals surface area (Å²) in [7, 11) is -0.0850. The maximum Gasteiger partial charge on any atom is 0.268 e. The Morgan fingerprint density at radius 3 is 2.59 bits per heavy atom. The normalized spacial score (nSPS) is 16.2. The van der Waals surface area contributed by atoms with Crippen molar-refractivity contribution in [3.63, 3.8) is 0 Å². The van der Waals surface area contributed by atoms with E-state index in [1.165, 1.54) is 3.97 Å². The number of aromatic nitrogens is 1. The number of ether oxygens (including phenoxy) is 1. The summed E-state index contributed by atoms with van der Waals surface area (Å²) in [5, 5.41) is 4.79. The number of nitrogens with zero attached hydrogens (tertiary/aromatic N) is 2. The van der Waals surface area contributed by atoms with Gasteiger partial charge in [0.05, 0.1) is 23.2 Å². The molecule has 0 radical (unpaired) electrons. The Morgan fingerprint density at radius 2 is 1.86 bits per heavy atom. The molecule has 1 saturated heterocycles. The molecule has 0 unspecified atom stereocenters. The molecule has 0 saturated carbocycles. The number of hydrogen-bond acceptors (Lipinski definition) is 5. The van der Waals surface area contributed by atoms with Gasteiger partial charge < -0.3 is 15.0 Å². The van der Waals surface area contributed by atoms with Crippen LogP contribution in [0.1, 0.15) is 12.8 Å². The monoisotopic (exact) mass is 433 g/mol. The van der Waals surface area contributed by atoms with Gasteiger partial charge in [-0.1, -0.05) is 17.7 Å². The highest BCUT2D eigenvalue weighted by atomic mass is 35.5. The Kier molecular flexibility index (Phi) is 5.46. The molecular formula is C21H24ClN3O3S. The number of nitrogens with one attached hydrogen (secondary N) is 1. The molecule has 154 valence electrons. The Morgan fingerprint density at radius 1 is 1.10 bits per heavy atom. The zero-order chi connectivity index (χ0) is 20.6. The van der Waals surface area contributed by atoms with Crippen LogP contribution in [0.3, 0.4) is 0 Å². The van der Waals surface area contributed by atoms with Gasteiger partial charge in [-0.25, -0.2) is 12.4 Å². The molecule has 1 aliphatic heterocycles. The molecule has 4 rings (SSSR count). The minimum Gasteiger partial charge on any atom is -0.495 e. The number of anilines is 1. The second-order valence-electron chi connectivity index (χ2n) is 7.40. The zero-order valence-corrected chi connectivity index (χ0v) is 18.0. The molecule has 1 aliphatic rings. The molecule has 2 aromatic carbocycles. The third-order valence-corrected chi connectivity index (χ3v) is 7.35. The molecule has 0 aliphatic carbocycles. The topological polar surface area (TPSA) is 63.6 Å². The van der Waals surface area contributed by atoms with Crippen molar-refractivity contribution in [2.24, 2.45) is 0 Å². The van der Waals surface area contributed by atoms with Crippen LogP contribution in [0.15, 0.2) is 53.6 Å². The number of fused-ring (bicyclic) bond motifs is 1. The standard InChI is InChI=1S/C21H24ClN3O3S/c1-24-10-8-17(9-11-24)23-19-14-18(5-6-21(19)28-2)29(26,27)25-12-7-15-3-4-16(22)13-20(15)25/h3-7,12-14,17,23H,8-11H2,1-2H3. The fourth-order valence-corrected chi connectivity index (χ4v) is 5.27. The maximum absolute atomic E-state index is 13.4. The van der Waals surface area contributed by atoms with Crippen molar-refractivity contribution in [3.8, 4) is 5.75 Å². The van der Waals surface area contributed by atoms with Crippen LogP contribution in [0.4, 0.5) is 5.69 Å². The number of rotatable bonds is 5. The maximum atomic E-state index is 13.4. The molecule has 6 nitrogen and oxygen atoms in total. The van der Waals surface area contributed by atoms with Gasteiger partial charge in [0.1, 0.15) is 5.75 Å². The number of halogens is 1. The molecule has 0 atom stereocenters. The Labute approximate surface area is 176 Å². The van der Waals surface area contributed by atoms with E-state index in [0.29, 0.717) is 22.0 Å². The molecular weight excluding hydrogens is 410 g/mol. The highest BCUT2D eigenvalue weighted by molar-refractivity contribution is 7.90. The molecule has 29 heavy (non-hydrogen) atoms. The predicted molar refractivity (Wildman–Crippen MR) is 117 cm³/mol. The first-order valence-corrected chi connectivity index (χ1v) is 11.4. The quantitative estimate of drug-likeness (QED) is 0.657. The average molecular weight is 434 g/mol. The van der Waals surface area contributed by atoms with E-state index in [2.05, 4.69) is 17.3 Å². The third kappa shape index (κ3) is 3.95. The van der Waals surface area contributed by atoms with Crippen molar-refractivity contribution in [1.82, 2.24) is 8.87 Å². The van der Waals surface area contributed by atoms with Crippen molar-refractivity contribution in [1.29, 1.82) is 0 Å². The SMILES string of the molecule is COc1ccc(S(=O)(=O)n2ccc3ccc(Cl)cc32)cc1NC1CCN(C)CC1. The molecule has 1 fully saturated rings. The van der Waals surface area contributed by atoms with Crippen LogP contribution >= 0.6 is 11.6 Å². The minimum atomic E-state index is -3.78. The van der Waals surface area contributed by atoms with Gasteiger partial charge >= 0.3 is 0 Å². The first kappa shape index (κ1) is 20.1. The molecule has 0 spiro atoms. The Bertz CT molecular complexity index is 1140. The second-order valence-corrected chi connectivity index (χ2v) is 9.66. The highest BCUT2D eigenvalue weighted by Crippen LogP contribution is 2.32. The lowest BCUT2D eigenvalue weighted by molar-refractivity contribution is 0.263. The lowest BCUT2D eigenvalue weighted by Crippen LogP contribution is -2.36. The smallest absolute Gasteiger partial charge is 0.268 e. The van der Waals surface area contributed by atoms with E-state index in [0.717, 1.165) is 31.3 Å². The van der Waals surface area contributed by atoms with Crippen LogP contribution in [0.25, 0.3) is 10.9 Å². The van der Waals surface area contributed by atoms with Gasteiger partial charge in [-0.15, -0.1) is 0 Å². The lowest BCUT2D eigenvalue weighted by atomic mass is 10.1. The average Bonchev–Trinajstić information content (AvgIpc) is 3.13. The third-order valence-electron chi connectivity index (χ3n) is 5.43. The summed E-state index contributed by atoms with van der Waals surface area (Å²) in [4.78, 5) is 2.49. The van der Waals surface area contributed by atoms with Crippen molar-refractivity contribution < 1.29 is 13.2 Å². The largest absolute Gasteiger partial charge is 0.495 e. The summed E-state index contributed by atoms with van der Waals surface area (Å²) in [6.07, 6.45) is 3.55. The van der Waals surface area contributed by atoms with E-state index in [1.807, 2.05) is 6.07 Å². The van der Waals surface area contributed by atoms with Gasteiger partial charge in [-0.3, -0.25) is 0 Å². The molecule has 2 heterocycles. The zero-order valence-electron chi connectivity index (χ0n) is 16.4. The summed E-state index contributed by atoms with van der Waals surface area (Å²) < 4.78 is 33.4. The van der Waals surface area contributed by atoms with Gasteiger partial charge in [-0.2, -0.15) is 0 Å². The van der Waals surface area contributed by atoms with Crippen molar-refractivity contribution in [3.05, 3.63) is 53.7 Å². The van der Waals surface area contributed by atoms with Crippen molar-refractivity contribution >= 4 is 38.2 Å². The fraction of sp³-hybridized carbons (Fsp3) is 0.333. The molecule has 0 amide bonds. The van der Waals surface area contributed by atoms with Crippen LogP contribution < -0.4 is 10.1 Å². The summed E-state index contributed by atoms with van der Waals surface area (Å²) in [5.41, 5.74) is 1.25. The summed E-state index contributed by atoms with van der Waals surface area (Å²) in [6.45, 7) is 2.02. The fourth-order valence-electron chi connectivity index (χ4n) is 3.73. The molecule has 1 aromatic heterocycles. The summed E-state index contributed by atoms with van der Waals surface area (Å²) in [6, 6.07) is 12.2. The first-order chi connectivity index (χ1) is 13.9. The minimum absolute atomic E-state index is 0.200. The van der Waals surface area contributed by atoms with E-state index in [1.54, 1.807) is 49.7 Å². The molecule has 8 heteroatoms. The van der Waals surface area contributed by atoms with Crippen molar-refractivity contribution in [2.75, 3.05) is 32.6 Å². The number of likely N-dealkylation sites (tertiary alicyclic amines) is 1. The first-order valence-electron chi connectivity index (χ1n) is 9.54. The summed E-state index contributed by atoms with van der Waals surface area (Å²) in [5.74, 6) is 0.628. The predicted octanol–water partition coefficient (Wildman–Crippen LogP) is 4.05. The Balaban J connectivity index is 1.71. The highest BCUT2D eigenvalue weighted by Gasteiger charge is 2.23. The number of hydrogen-bond donors (Lipinski definition) is 1. The molecule has 0 bridgehead atoms. The van der Waals surface area contributed by atoms with E-state index in [9.17, 15) is 8.42 Å². The van der Waals surface area contributed by atoms with Gasteiger partial charge in [0.2, 0.25) is 0 Å². The number of methoxy groups -OCH3 is 1. The summed E-state index contributed by atoms with van der Waals surface area (Å²) >= 11 is 6.09. The van der Waals surface area contributed by atoms with Crippen LogP contribution in [0.5, 0.6) is 5.75 Å². The van der Waals surface area contributed by atoms with E-state index >= 15 is 0 Å². The molecule has 1 N–H and O–H groups in total. The van der Waals surface area contributed by atoms with E-state index < -0.39 is 10.0 Å². The van der Waals surface area contributed by atoms with Gasteiger partial charge in [0.15, 0.2) is 0 Å². The van der Waals surface area contributed by atoms with Gasteiger partial charge in [0, 0.05) is 22.6 Å². The van der Waals surface area contributed by atoms with Crippen LogP contribution in [0.2, 0.25) is 5.02 Å². The number of benzene rings is 2. The van der Waals surface area contributed by atoms with E-state index in [-0.39, 0.29) is 10.9 Å². The van der Waals surface area contributed by atoms with Crippen molar-refractivity contribution in [2.45, 2.75) is 23.8 Å². The van der Waals surface area contributed by atoms with Gasteiger partial charge in [-0.05, 0) is 69.4 Å². The second kappa shape index (κ2) is 7.89. The lowest BCUT2D eigenvalue weighted by Gasteiger charge is -2.30. The van der Waals surface area contributed by atoms with Crippen LogP contribution in [-0.2, 0) is 10.0 Å². The van der Waals surface area contributed by atoms with Crippen LogP contribution in [-0.4, -0.2) is 50.6 Å². The van der Waals surface area contributed by atoms with Gasteiger partial charge in [0.25, 0.3) is 10.0 Å². The molecule has 3 aromatic rings.